The molecule has 1 amide bonds. The molecule has 0 aliphatic heterocycles. The molecule has 0 fully saturated rings. The minimum Gasteiger partial charge on any atom is -0.489 e. The van der Waals surface area contributed by atoms with Crippen LogP contribution in [0.25, 0.3) is 0 Å². The molecule has 0 aromatic heterocycles. The summed E-state index contributed by atoms with van der Waals surface area (Å²) >= 11 is 18.0. The molecule has 0 bridgehead atoms. The predicted molar refractivity (Wildman–Crippen MR) is 141 cm³/mol. The maximum Gasteiger partial charge on any atom is 0.224 e. The number of carbonyl (C=O) groups excluding carboxylic acids is 1. The van der Waals surface area contributed by atoms with E-state index in [1.54, 1.807) is 12.1 Å². The lowest BCUT2D eigenvalue weighted by molar-refractivity contribution is -0.125. The van der Waals surface area contributed by atoms with Gasteiger partial charge in [-0.15, -0.1) is 0 Å². The molecule has 0 radical (unpaired) electrons. The molecule has 36 heavy (non-hydrogen) atoms. The summed E-state index contributed by atoms with van der Waals surface area (Å²) in [6.45, 7) is 1.01. The van der Waals surface area contributed by atoms with E-state index in [2.05, 4.69) is 10.6 Å². The summed E-state index contributed by atoms with van der Waals surface area (Å²) in [5.74, 6) is -2.02. The fourth-order valence-corrected chi connectivity index (χ4v) is 4.33. The molecule has 0 saturated carbocycles. The van der Waals surface area contributed by atoms with Crippen molar-refractivity contribution in [2.24, 2.45) is 5.92 Å². The van der Waals surface area contributed by atoms with Crippen molar-refractivity contribution < 1.29 is 18.3 Å². The van der Waals surface area contributed by atoms with Gasteiger partial charge in [-0.05, 0) is 61.2 Å². The molecular formula is C27H27Cl3F2N2O2. The first-order valence-electron chi connectivity index (χ1n) is 11.5. The van der Waals surface area contributed by atoms with Crippen LogP contribution in [0, 0.1) is 17.6 Å². The van der Waals surface area contributed by atoms with Crippen LogP contribution in [-0.2, 0) is 24.2 Å². The maximum absolute atomic E-state index is 13.8. The van der Waals surface area contributed by atoms with Crippen molar-refractivity contribution >= 4 is 40.7 Å². The molecule has 192 valence electrons. The van der Waals surface area contributed by atoms with Crippen molar-refractivity contribution in [3.63, 3.8) is 0 Å². The Labute approximate surface area is 224 Å². The molecule has 9 heteroatoms. The predicted octanol–water partition coefficient (Wildman–Crippen LogP) is 6.63. The van der Waals surface area contributed by atoms with Crippen LogP contribution < -0.4 is 15.4 Å². The number of ether oxygens (including phenoxy) is 1. The van der Waals surface area contributed by atoms with Gasteiger partial charge in [-0.3, -0.25) is 4.79 Å². The lowest BCUT2D eigenvalue weighted by Crippen LogP contribution is -2.37. The number of hydrogen-bond donors (Lipinski definition) is 2. The summed E-state index contributed by atoms with van der Waals surface area (Å²) in [6.07, 6.45) is 1.86. The molecule has 3 aromatic rings. The van der Waals surface area contributed by atoms with Crippen LogP contribution in [0.2, 0.25) is 15.1 Å². The Morgan fingerprint density at radius 2 is 1.64 bits per heavy atom. The minimum atomic E-state index is -0.720. The molecular weight excluding hydrogens is 529 g/mol. The average Bonchev–Trinajstić information content (AvgIpc) is 2.87. The van der Waals surface area contributed by atoms with Gasteiger partial charge in [-0.2, -0.15) is 0 Å². The van der Waals surface area contributed by atoms with E-state index in [0.29, 0.717) is 42.4 Å². The van der Waals surface area contributed by atoms with E-state index in [4.69, 9.17) is 39.5 Å². The summed E-state index contributed by atoms with van der Waals surface area (Å²) in [6, 6.07) is 15.2. The first-order chi connectivity index (χ1) is 17.3. The standard InChI is InChI=1S/C27H27Cl3F2N2O2/c1-33-15-20(27(35)34-16-19-5-2-6-21(28)24(19)29)14-18-9-7-17(8-10-18)4-3-13-36-26-23(32)12-11-22(31)25(26)30/h2,5-12,20,33H,3-4,13-16H2,1H3,(H,34,35). The van der Waals surface area contributed by atoms with Crippen molar-refractivity contribution in [2.45, 2.75) is 25.8 Å². The maximum atomic E-state index is 13.8. The highest BCUT2D eigenvalue weighted by Gasteiger charge is 2.19. The lowest BCUT2D eigenvalue weighted by atomic mass is 9.96. The second-order valence-electron chi connectivity index (χ2n) is 8.33. The molecule has 1 unspecified atom stereocenters. The summed E-state index contributed by atoms with van der Waals surface area (Å²) in [5.41, 5.74) is 2.86. The number of hydrogen-bond acceptors (Lipinski definition) is 3. The SMILES string of the molecule is CNCC(Cc1ccc(CCCOc2c(F)ccc(F)c2Cl)cc1)C(=O)NCc1cccc(Cl)c1Cl. The van der Waals surface area contributed by atoms with Gasteiger partial charge in [-0.1, -0.05) is 71.2 Å². The van der Waals surface area contributed by atoms with Gasteiger partial charge in [0.05, 0.1) is 22.6 Å². The Morgan fingerprint density at radius 1 is 0.944 bits per heavy atom. The monoisotopic (exact) mass is 554 g/mol. The van der Waals surface area contributed by atoms with Crippen molar-refractivity contribution in [1.29, 1.82) is 0 Å². The van der Waals surface area contributed by atoms with Gasteiger partial charge in [0.2, 0.25) is 5.91 Å². The Morgan fingerprint density at radius 3 is 2.36 bits per heavy atom. The molecule has 0 aliphatic carbocycles. The Hall–Kier alpha value is -2.38. The highest BCUT2D eigenvalue weighted by Crippen LogP contribution is 2.30. The summed E-state index contributed by atoms with van der Waals surface area (Å²) < 4.78 is 32.6. The smallest absolute Gasteiger partial charge is 0.224 e. The van der Waals surface area contributed by atoms with Crippen LogP contribution in [0.3, 0.4) is 0 Å². The van der Waals surface area contributed by atoms with Crippen LogP contribution in [0.5, 0.6) is 5.75 Å². The van der Waals surface area contributed by atoms with Crippen molar-refractivity contribution in [2.75, 3.05) is 20.2 Å². The fourth-order valence-electron chi connectivity index (χ4n) is 3.73. The van der Waals surface area contributed by atoms with E-state index < -0.39 is 11.6 Å². The zero-order chi connectivity index (χ0) is 26.1. The number of benzene rings is 3. The van der Waals surface area contributed by atoms with Gasteiger partial charge in [0.15, 0.2) is 11.6 Å². The van der Waals surface area contributed by atoms with Gasteiger partial charge in [0.1, 0.15) is 10.8 Å². The number of carbonyl (C=O) groups is 1. The molecule has 0 heterocycles. The van der Waals surface area contributed by atoms with Gasteiger partial charge < -0.3 is 15.4 Å². The number of nitrogens with one attached hydrogen (secondary N) is 2. The van der Waals surface area contributed by atoms with Crippen molar-refractivity contribution in [1.82, 2.24) is 10.6 Å². The molecule has 0 aliphatic rings. The number of halogens is 5. The van der Waals surface area contributed by atoms with Gasteiger partial charge >= 0.3 is 0 Å². The van der Waals surface area contributed by atoms with E-state index in [1.807, 2.05) is 37.4 Å². The number of amides is 1. The van der Waals surface area contributed by atoms with Crippen LogP contribution in [0.15, 0.2) is 54.6 Å². The molecule has 2 N–H and O–H groups in total. The Bertz CT molecular complexity index is 1180. The molecule has 0 saturated heterocycles. The van der Waals surface area contributed by atoms with E-state index in [0.717, 1.165) is 28.8 Å². The number of aryl methyl sites for hydroxylation is 1. The second kappa shape index (κ2) is 13.8. The fraction of sp³-hybridized carbons (Fsp3) is 0.296. The van der Waals surface area contributed by atoms with E-state index >= 15 is 0 Å². The van der Waals surface area contributed by atoms with Crippen LogP contribution >= 0.6 is 34.8 Å². The van der Waals surface area contributed by atoms with Crippen LogP contribution in [-0.4, -0.2) is 26.1 Å². The highest BCUT2D eigenvalue weighted by molar-refractivity contribution is 6.42. The quantitative estimate of drug-likeness (QED) is 0.195. The molecule has 3 aromatic carbocycles. The van der Waals surface area contributed by atoms with Gasteiger partial charge in [0.25, 0.3) is 0 Å². The third-order valence-corrected chi connectivity index (χ3v) is 6.88. The van der Waals surface area contributed by atoms with Gasteiger partial charge in [-0.25, -0.2) is 8.78 Å². The Kier molecular flexibility index (Phi) is 10.8. The highest BCUT2D eigenvalue weighted by atomic mass is 35.5. The van der Waals surface area contributed by atoms with Crippen LogP contribution in [0.1, 0.15) is 23.1 Å². The topological polar surface area (TPSA) is 50.4 Å². The Balaban J connectivity index is 1.50. The summed E-state index contributed by atoms with van der Waals surface area (Å²) in [7, 11) is 1.81. The molecule has 1 atom stereocenters. The normalized spacial score (nSPS) is 11.8. The summed E-state index contributed by atoms with van der Waals surface area (Å²) in [4.78, 5) is 12.8. The van der Waals surface area contributed by atoms with E-state index in [-0.39, 0.29) is 29.2 Å². The first-order valence-corrected chi connectivity index (χ1v) is 12.6. The second-order valence-corrected chi connectivity index (χ2v) is 9.49. The van der Waals surface area contributed by atoms with Crippen molar-refractivity contribution in [3.05, 3.63) is 98.0 Å². The van der Waals surface area contributed by atoms with E-state index in [1.165, 1.54) is 0 Å². The average molecular weight is 556 g/mol. The number of rotatable bonds is 12. The molecule has 0 spiro atoms. The zero-order valence-electron chi connectivity index (χ0n) is 19.7. The van der Waals surface area contributed by atoms with Crippen molar-refractivity contribution in [3.8, 4) is 5.75 Å². The third kappa shape index (κ3) is 7.81. The molecule has 4 nitrogen and oxygen atoms in total. The van der Waals surface area contributed by atoms with E-state index in [9.17, 15) is 13.6 Å². The first kappa shape index (κ1) is 28.2. The third-order valence-electron chi connectivity index (χ3n) is 5.67. The summed E-state index contributed by atoms with van der Waals surface area (Å²) in [5, 5.41) is 6.56. The zero-order valence-corrected chi connectivity index (χ0v) is 22.0. The van der Waals surface area contributed by atoms with Crippen LogP contribution in [0.4, 0.5) is 8.78 Å². The van der Waals surface area contributed by atoms with Gasteiger partial charge in [0, 0.05) is 13.1 Å². The molecule has 3 rings (SSSR count). The minimum absolute atomic E-state index is 0.0788. The lowest BCUT2D eigenvalue weighted by Gasteiger charge is -2.17. The largest absolute Gasteiger partial charge is 0.489 e.